The van der Waals surface area contributed by atoms with E-state index in [2.05, 4.69) is 30.0 Å². The molecular weight excluding hydrogens is 336 g/mol. The predicted molar refractivity (Wildman–Crippen MR) is 109 cm³/mol. The first-order valence-electron chi connectivity index (χ1n) is 10.8. The van der Waals surface area contributed by atoms with Gasteiger partial charge in [-0.15, -0.1) is 0 Å². The van der Waals surface area contributed by atoms with Crippen LogP contribution < -0.4 is 0 Å². The van der Waals surface area contributed by atoms with Gasteiger partial charge in [-0.05, 0) is 82.1 Å². The Bertz CT molecular complexity index is 787. The first-order valence-corrected chi connectivity index (χ1v) is 10.8. The SMILES string of the molecule is CCCCN1CCC(COC(=O)n2c3c(c4ccccc42)CCCC3)CC1. The molecule has 4 heteroatoms. The van der Waals surface area contributed by atoms with E-state index in [4.69, 9.17) is 4.74 Å². The van der Waals surface area contributed by atoms with E-state index in [-0.39, 0.29) is 6.09 Å². The number of hydrogen-bond acceptors (Lipinski definition) is 3. The van der Waals surface area contributed by atoms with Gasteiger partial charge in [-0.1, -0.05) is 31.5 Å². The highest BCUT2D eigenvalue weighted by atomic mass is 16.5. The summed E-state index contributed by atoms with van der Waals surface area (Å²) in [5.41, 5.74) is 3.56. The maximum atomic E-state index is 13.0. The van der Waals surface area contributed by atoms with Crippen LogP contribution in [-0.4, -0.2) is 41.8 Å². The van der Waals surface area contributed by atoms with E-state index in [1.54, 1.807) is 0 Å². The van der Waals surface area contributed by atoms with Crippen molar-refractivity contribution >= 4 is 17.0 Å². The molecule has 4 nitrogen and oxygen atoms in total. The smallest absolute Gasteiger partial charge is 0.418 e. The Hall–Kier alpha value is -1.81. The van der Waals surface area contributed by atoms with Gasteiger partial charge >= 0.3 is 6.09 Å². The second-order valence-corrected chi connectivity index (χ2v) is 8.20. The highest BCUT2D eigenvalue weighted by molar-refractivity contribution is 5.93. The molecule has 1 aliphatic carbocycles. The van der Waals surface area contributed by atoms with Gasteiger partial charge in [0.15, 0.2) is 0 Å². The van der Waals surface area contributed by atoms with E-state index in [0.717, 1.165) is 50.7 Å². The van der Waals surface area contributed by atoms with Crippen molar-refractivity contribution in [3.63, 3.8) is 0 Å². The van der Waals surface area contributed by atoms with Gasteiger partial charge in [0, 0.05) is 11.1 Å². The Morgan fingerprint density at radius 1 is 1.15 bits per heavy atom. The molecule has 4 rings (SSSR count). The normalized spacial score (nSPS) is 18.6. The van der Waals surface area contributed by atoms with Crippen LogP contribution in [0, 0.1) is 5.92 Å². The number of nitrogens with zero attached hydrogens (tertiary/aromatic N) is 2. The molecule has 2 aromatic rings. The molecule has 0 atom stereocenters. The maximum absolute atomic E-state index is 13.0. The second kappa shape index (κ2) is 8.47. The zero-order valence-electron chi connectivity index (χ0n) is 16.6. The summed E-state index contributed by atoms with van der Waals surface area (Å²) in [6, 6.07) is 8.29. The van der Waals surface area contributed by atoms with Gasteiger partial charge in [0.05, 0.1) is 12.1 Å². The van der Waals surface area contributed by atoms with Crippen LogP contribution in [0.1, 0.15) is 56.7 Å². The van der Waals surface area contributed by atoms with E-state index >= 15 is 0 Å². The third-order valence-electron chi connectivity index (χ3n) is 6.34. The highest BCUT2D eigenvalue weighted by Crippen LogP contribution is 2.32. The van der Waals surface area contributed by atoms with Crippen LogP contribution in [0.15, 0.2) is 24.3 Å². The summed E-state index contributed by atoms with van der Waals surface area (Å²) in [5.74, 6) is 0.504. The summed E-state index contributed by atoms with van der Waals surface area (Å²) < 4.78 is 7.68. The Labute approximate surface area is 162 Å². The van der Waals surface area contributed by atoms with Crippen LogP contribution in [0.3, 0.4) is 0 Å². The van der Waals surface area contributed by atoms with Crippen LogP contribution >= 0.6 is 0 Å². The number of aromatic nitrogens is 1. The largest absolute Gasteiger partial charge is 0.449 e. The van der Waals surface area contributed by atoms with Gasteiger partial charge in [-0.3, -0.25) is 0 Å². The van der Waals surface area contributed by atoms with Crippen molar-refractivity contribution < 1.29 is 9.53 Å². The maximum Gasteiger partial charge on any atom is 0.418 e. The Kier molecular flexibility index (Phi) is 5.82. The molecule has 0 saturated carbocycles. The number of rotatable bonds is 5. The van der Waals surface area contributed by atoms with Gasteiger partial charge in [-0.2, -0.15) is 0 Å². The number of piperidine rings is 1. The summed E-state index contributed by atoms with van der Waals surface area (Å²) >= 11 is 0. The zero-order chi connectivity index (χ0) is 18.6. The fourth-order valence-electron chi connectivity index (χ4n) is 4.72. The molecule has 1 fully saturated rings. The van der Waals surface area contributed by atoms with E-state index in [1.807, 2.05) is 10.6 Å². The third kappa shape index (κ3) is 3.91. The van der Waals surface area contributed by atoms with E-state index in [9.17, 15) is 4.79 Å². The van der Waals surface area contributed by atoms with Gasteiger partial charge < -0.3 is 9.64 Å². The zero-order valence-corrected chi connectivity index (χ0v) is 16.6. The van der Waals surface area contributed by atoms with Crippen molar-refractivity contribution in [3.8, 4) is 0 Å². The molecule has 1 aliphatic heterocycles. The Balaban J connectivity index is 1.41. The molecule has 1 aromatic heterocycles. The lowest BCUT2D eigenvalue weighted by atomic mass is 9.96. The van der Waals surface area contributed by atoms with Gasteiger partial charge in [0.2, 0.25) is 0 Å². The fourth-order valence-corrected chi connectivity index (χ4v) is 4.72. The average molecular weight is 369 g/mol. The number of unbranched alkanes of at least 4 members (excludes halogenated alkanes) is 1. The second-order valence-electron chi connectivity index (χ2n) is 8.20. The molecule has 0 bridgehead atoms. The van der Waals surface area contributed by atoms with Crippen LogP contribution in [0.4, 0.5) is 4.79 Å². The van der Waals surface area contributed by atoms with Crippen LogP contribution in [0.25, 0.3) is 10.9 Å². The molecule has 1 saturated heterocycles. The van der Waals surface area contributed by atoms with Crippen LogP contribution in [0.5, 0.6) is 0 Å². The number of fused-ring (bicyclic) bond motifs is 3. The summed E-state index contributed by atoms with van der Waals surface area (Å²) in [7, 11) is 0. The molecule has 0 amide bonds. The minimum absolute atomic E-state index is 0.178. The molecule has 146 valence electrons. The number of carbonyl (C=O) groups excluding carboxylic acids is 1. The Morgan fingerprint density at radius 3 is 2.74 bits per heavy atom. The van der Waals surface area contributed by atoms with Crippen molar-refractivity contribution in [2.24, 2.45) is 5.92 Å². The Morgan fingerprint density at radius 2 is 1.93 bits per heavy atom. The summed E-state index contributed by atoms with van der Waals surface area (Å²) in [5, 5.41) is 1.23. The number of para-hydroxylation sites is 1. The number of hydrogen-bond donors (Lipinski definition) is 0. The number of aryl methyl sites for hydroxylation is 1. The van der Waals surface area contributed by atoms with E-state index < -0.39 is 0 Å². The lowest BCUT2D eigenvalue weighted by molar-refractivity contribution is 0.0970. The minimum atomic E-state index is -0.178. The molecule has 2 aliphatic rings. The lowest BCUT2D eigenvalue weighted by Crippen LogP contribution is -2.36. The first-order chi connectivity index (χ1) is 13.3. The summed E-state index contributed by atoms with van der Waals surface area (Å²) in [6.07, 6.45) is 9.07. The topological polar surface area (TPSA) is 34.5 Å². The summed E-state index contributed by atoms with van der Waals surface area (Å²) in [4.78, 5) is 15.5. The number of likely N-dealkylation sites (tertiary alicyclic amines) is 1. The van der Waals surface area contributed by atoms with Crippen molar-refractivity contribution in [2.45, 2.75) is 58.3 Å². The predicted octanol–water partition coefficient (Wildman–Crippen LogP) is 5.02. The lowest BCUT2D eigenvalue weighted by Gasteiger charge is -2.31. The van der Waals surface area contributed by atoms with Gasteiger partial charge in [0.25, 0.3) is 0 Å². The third-order valence-corrected chi connectivity index (χ3v) is 6.34. The standard InChI is InChI=1S/C23H32N2O2/c1-2-3-14-24-15-12-18(13-16-24)17-27-23(26)25-21-10-6-4-8-19(21)20-9-5-7-11-22(20)25/h4,6,8,10,18H,2-3,5,7,9,11-17H2,1H3. The average Bonchev–Trinajstić information content (AvgIpc) is 3.06. The number of carbonyl (C=O) groups is 1. The van der Waals surface area contributed by atoms with Crippen molar-refractivity contribution in [1.29, 1.82) is 0 Å². The van der Waals surface area contributed by atoms with Gasteiger partial charge in [-0.25, -0.2) is 9.36 Å². The molecule has 1 aromatic carbocycles. The van der Waals surface area contributed by atoms with Crippen molar-refractivity contribution in [3.05, 3.63) is 35.5 Å². The monoisotopic (exact) mass is 368 g/mol. The van der Waals surface area contributed by atoms with E-state index in [0.29, 0.717) is 12.5 Å². The van der Waals surface area contributed by atoms with Crippen LogP contribution in [0.2, 0.25) is 0 Å². The molecule has 0 N–H and O–H groups in total. The quantitative estimate of drug-likeness (QED) is 0.743. The molecule has 0 spiro atoms. The molecular formula is C23H32N2O2. The fraction of sp³-hybridized carbons (Fsp3) is 0.609. The molecule has 2 heterocycles. The molecule has 0 radical (unpaired) electrons. The molecule has 27 heavy (non-hydrogen) atoms. The van der Waals surface area contributed by atoms with Gasteiger partial charge in [0.1, 0.15) is 0 Å². The number of ether oxygens (including phenoxy) is 1. The number of benzene rings is 1. The van der Waals surface area contributed by atoms with Crippen LogP contribution in [-0.2, 0) is 17.6 Å². The highest BCUT2D eigenvalue weighted by Gasteiger charge is 2.25. The molecule has 0 unspecified atom stereocenters. The minimum Gasteiger partial charge on any atom is -0.449 e. The first kappa shape index (κ1) is 18.5. The van der Waals surface area contributed by atoms with Crippen molar-refractivity contribution in [2.75, 3.05) is 26.2 Å². The van der Waals surface area contributed by atoms with Crippen molar-refractivity contribution in [1.82, 2.24) is 9.47 Å². The summed E-state index contributed by atoms with van der Waals surface area (Å²) in [6.45, 7) is 6.30. The van der Waals surface area contributed by atoms with E-state index in [1.165, 1.54) is 42.5 Å².